The van der Waals surface area contributed by atoms with Crippen molar-refractivity contribution in [2.75, 3.05) is 20.1 Å². The second-order valence-corrected chi connectivity index (χ2v) is 5.64. The van der Waals surface area contributed by atoms with Gasteiger partial charge in [0.1, 0.15) is 0 Å². The number of likely N-dealkylation sites (tertiary alicyclic amines) is 1. The lowest BCUT2D eigenvalue weighted by Crippen LogP contribution is -2.42. The maximum Gasteiger partial charge on any atom is 0.0542 e. The van der Waals surface area contributed by atoms with E-state index in [1.54, 1.807) is 0 Å². The molecule has 4 heteroatoms. The van der Waals surface area contributed by atoms with Crippen molar-refractivity contribution in [1.82, 2.24) is 15.2 Å². The molecule has 17 heavy (non-hydrogen) atoms. The molecule has 1 saturated heterocycles. The molecule has 1 unspecified atom stereocenters. The fourth-order valence-electron chi connectivity index (χ4n) is 2.28. The quantitative estimate of drug-likeness (QED) is 0.925. The van der Waals surface area contributed by atoms with Crippen molar-refractivity contribution in [3.05, 3.63) is 28.5 Å². The van der Waals surface area contributed by atoms with Gasteiger partial charge in [0, 0.05) is 29.8 Å². The van der Waals surface area contributed by atoms with Crippen LogP contribution in [0, 0.1) is 0 Å². The van der Waals surface area contributed by atoms with E-state index in [1.807, 2.05) is 12.3 Å². The van der Waals surface area contributed by atoms with Crippen LogP contribution in [0.1, 0.15) is 25.0 Å². The minimum absolute atomic E-state index is 0.694. The summed E-state index contributed by atoms with van der Waals surface area (Å²) in [6, 6.07) is 4.79. The van der Waals surface area contributed by atoms with Crippen molar-refractivity contribution in [2.45, 2.75) is 31.8 Å². The van der Waals surface area contributed by atoms with Gasteiger partial charge in [-0.05, 0) is 54.5 Å². The number of likely N-dealkylation sites (N-methyl/N-ethyl adjacent to an activating group) is 1. The molecule has 0 aromatic carbocycles. The fraction of sp³-hybridized carbons (Fsp3) is 0.615. The van der Waals surface area contributed by atoms with Gasteiger partial charge >= 0.3 is 0 Å². The lowest BCUT2D eigenvalue weighted by molar-refractivity contribution is 0.181. The summed E-state index contributed by atoms with van der Waals surface area (Å²) in [6.07, 6.45) is 5.88. The molecule has 94 valence electrons. The number of nitrogens with one attached hydrogen (secondary N) is 1. The van der Waals surface area contributed by atoms with Gasteiger partial charge in [0.2, 0.25) is 0 Å². The third kappa shape index (κ3) is 4.05. The summed E-state index contributed by atoms with van der Waals surface area (Å²) in [4.78, 5) is 6.82. The lowest BCUT2D eigenvalue weighted by Gasteiger charge is -2.32. The highest BCUT2D eigenvalue weighted by molar-refractivity contribution is 9.10. The smallest absolute Gasteiger partial charge is 0.0542 e. The van der Waals surface area contributed by atoms with Crippen molar-refractivity contribution in [3.8, 4) is 0 Å². The van der Waals surface area contributed by atoms with Crippen molar-refractivity contribution in [3.63, 3.8) is 0 Å². The van der Waals surface area contributed by atoms with Crippen LogP contribution in [0.3, 0.4) is 0 Å². The number of piperidine rings is 1. The summed E-state index contributed by atoms with van der Waals surface area (Å²) in [6.45, 7) is 3.16. The maximum atomic E-state index is 4.36. The molecule has 0 spiro atoms. The minimum Gasteiger partial charge on any atom is -0.310 e. The van der Waals surface area contributed by atoms with E-state index in [0.29, 0.717) is 6.04 Å². The standard InChI is InChI=1S/C13H20BrN3/c1-17-7-3-2-4-13(17)10-15-9-12-6-5-11(14)8-16-12/h5-6,8,13,15H,2-4,7,9-10H2,1H3. The summed E-state index contributed by atoms with van der Waals surface area (Å²) < 4.78 is 1.04. The number of nitrogens with zero attached hydrogens (tertiary/aromatic N) is 2. The molecule has 1 N–H and O–H groups in total. The van der Waals surface area contributed by atoms with Crippen LogP contribution in [0.5, 0.6) is 0 Å². The zero-order chi connectivity index (χ0) is 12.1. The number of hydrogen-bond acceptors (Lipinski definition) is 3. The highest BCUT2D eigenvalue weighted by Crippen LogP contribution is 2.14. The first-order valence-corrected chi connectivity index (χ1v) is 7.06. The van der Waals surface area contributed by atoms with Gasteiger partial charge in [0.05, 0.1) is 5.69 Å². The summed E-state index contributed by atoms with van der Waals surface area (Å²) >= 11 is 3.39. The second-order valence-electron chi connectivity index (χ2n) is 4.73. The van der Waals surface area contributed by atoms with Gasteiger partial charge in [-0.15, -0.1) is 0 Å². The highest BCUT2D eigenvalue weighted by Gasteiger charge is 2.17. The van der Waals surface area contributed by atoms with Gasteiger partial charge in [-0.25, -0.2) is 0 Å². The third-order valence-electron chi connectivity index (χ3n) is 3.40. The summed E-state index contributed by atoms with van der Waals surface area (Å²) in [7, 11) is 2.23. The molecule has 0 amide bonds. The summed E-state index contributed by atoms with van der Waals surface area (Å²) in [5, 5.41) is 3.50. The molecule has 1 aromatic rings. The first kappa shape index (κ1) is 13.0. The Labute approximate surface area is 112 Å². The topological polar surface area (TPSA) is 28.2 Å². The lowest BCUT2D eigenvalue weighted by atomic mass is 10.0. The van der Waals surface area contributed by atoms with E-state index in [4.69, 9.17) is 0 Å². The van der Waals surface area contributed by atoms with E-state index in [2.05, 4.69) is 44.2 Å². The maximum absolute atomic E-state index is 4.36. The van der Waals surface area contributed by atoms with Crippen molar-refractivity contribution < 1.29 is 0 Å². The molecule has 1 atom stereocenters. The van der Waals surface area contributed by atoms with Crippen LogP contribution in [0.2, 0.25) is 0 Å². The number of aromatic nitrogens is 1. The molecule has 0 radical (unpaired) electrons. The first-order valence-electron chi connectivity index (χ1n) is 6.27. The van der Waals surface area contributed by atoms with Crippen molar-refractivity contribution in [1.29, 1.82) is 0 Å². The summed E-state index contributed by atoms with van der Waals surface area (Å²) in [5.41, 5.74) is 1.10. The molecule has 0 aliphatic carbocycles. The Morgan fingerprint density at radius 1 is 1.47 bits per heavy atom. The third-order valence-corrected chi connectivity index (χ3v) is 3.87. The van der Waals surface area contributed by atoms with Crippen molar-refractivity contribution in [2.24, 2.45) is 0 Å². The Hall–Kier alpha value is -0.450. The Morgan fingerprint density at radius 2 is 2.35 bits per heavy atom. The normalized spacial score (nSPS) is 21.6. The van der Waals surface area contributed by atoms with Crippen LogP contribution in [-0.2, 0) is 6.54 Å². The average Bonchev–Trinajstić information content (AvgIpc) is 2.34. The Balaban J connectivity index is 1.73. The molecule has 1 aliphatic rings. The van der Waals surface area contributed by atoms with E-state index >= 15 is 0 Å². The zero-order valence-corrected chi connectivity index (χ0v) is 11.9. The molecular weight excluding hydrogens is 278 g/mol. The molecule has 2 heterocycles. The molecule has 3 nitrogen and oxygen atoms in total. The van der Waals surface area contributed by atoms with E-state index in [0.717, 1.165) is 23.3 Å². The van der Waals surface area contributed by atoms with Gasteiger partial charge in [-0.1, -0.05) is 6.42 Å². The summed E-state index contributed by atoms with van der Waals surface area (Å²) in [5.74, 6) is 0. The van der Waals surface area contributed by atoms with E-state index in [-0.39, 0.29) is 0 Å². The Kier molecular flexibility index (Phi) is 4.95. The fourth-order valence-corrected chi connectivity index (χ4v) is 2.51. The van der Waals surface area contributed by atoms with E-state index in [9.17, 15) is 0 Å². The molecule has 1 fully saturated rings. The Bertz CT molecular complexity index is 339. The van der Waals surface area contributed by atoms with Gasteiger partial charge in [0.15, 0.2) is 0 Å². The molecule has 0 saturated carbocycles. The van der Waals surface area contributed by atoms with Gasteiger partial charge in [-0.3, -0.25) is 4.98 Å². The van der Waals surface area contributed by atoms with E-state index < -0.39 is 0 Å². The van der Waals surface area contributed by atoms with Crippen LogP contribution < -0.4 is 5.32 Å². The van der Waals surface area contributed by atoms with Gasteiger partial charge < -0.3 is 10.2 Å². The van der Waals surface area contributed by atoms with Crippen LogP contribution in [0.25, 0.3) is 0 Å². The monoisotopic (exact) mass is 297 g/mol. The molecule has 2 rings (SSSR count). The Morgan fingerprint density at radius 3 is 3.06 bits per heavy atom. The molecule has 1 aromatic heterocycles. The number of hydrogen-bond donors (Lipinski definition) is 1. The second kappa shape index (κ2) is 6.47. The number of halogens is 1. The predicted molar refractivity (Wildman–Crippen MR) is 73.9 cm³/mol. The molecule has 1 aliphatic heterocycles. The largest absolute Gasteiger partial charge is 0.310 e. The van der Waals surface area contributed by atoms with Gasteiger partial charge in [0.25, 0.3) is 0 Å². The SMILES string of the molecule is CN1CCCCC1CNCc1ccc(Br)cn1. The molecule has 0 bridgehead atoms. The van der Waals surface area contributed by atoms with Gasteiger partial charge in [-0.2, -0.15) is 0 Å². The minimum atomic E-state index is 0.694. The predicted octanol–water partition coefficient (Wildman–Crippen LogP) is 2.42. The average molecular weight is 298 g/mol. The number of rotatable bonds is 4. The molecular formula is C13H20BrN3. The van der Waals surface area contributed by atoms with Crippen LogP contribution >= 0.6 is 15.9 Å². The van der Waals surface area contributed by atoms with Crippen molar-refractivity contribution >= 4 is 15.9 Å². The number of pyridine rings is 1. The highest BCUT2D eigenvalue weighted by atomic mass is 79.9. The van der Waals surface area contributed by atoms with E-state index in [1.165, 1.54) is 25.8 Å². The van der Waals surface area contributed by atoms with Crippen LogP contribution in [0.4, 0.5) is 0 Å². The first-order chi connectivity index (χ1) is 8.25. The van der Waals surface area contributed by atoms with Crippen LogP contribution in [0.15, 0.2) is 22.8 Å². The van der Waals surface area contributed by atoms with Crippen LogP contribution in [-0.4, -0.2) is 36.1 Å². The zero-order valence-electron chi connectivity index (χ0n) is 10.3.